The first-order valence-electron chi connectivity index (χ1n) is 7.74. The van der Waals surface area contributed by atoms with Gasteiger partial charge in [-0.1, -0.05) is 12.1 Å². The highest BCUT2D eigenvalue weighted by Gasteiger charge is 2.34. The number of carbonyl (C=O) groups is 1. The van der Waals surface area contributed by atoms with E-state index in [0.29, 0.717) is 5.82 Å². The lowest BCUT2D eigenvalue weighted by molar-refractivity contribution is -0.137. The first-order valence-corrected chi connectivity index (χ1v) is 7.74. The number of carbonyl (C=O) groups excluding carboxylic acids is 1. The summed E-state index contributed by atoms with van der Waals surface area (Å²) in [6, 6.07) is 7.20. The van der Waals surface area contributed by atoms with Gasteiger partial charge in [0.25, 0.3) is 11.5 Å². The zero-order valence-electron chi connectivity index (χ0n) is 13.7. The number of halogens is 3. The van der Waals surface area contributed by atoms with E-state index in [-0.39, 0.29) is 13.1 Å². The van der Waals surface area contributed by atoms with Crippen LogP contribution in [0, 0.1) is 0 Å². The fraction of sp³-hybridized carbons (Fsp3) is 0.188. The van der Waals surface area contributed by atoms with Crippen LogP contribution in [-0.4, -0.2) is 37.0 Å². The molecule has 0 unspecified atom stereocenters. The molecular weight excluding hydrogens is 365 g/mol. The van der Waals surface area contributed by atoms with E-state index in [0.717, 1.165) is 16.8 Å². The molecular formula is C16H13F3N6O2. The number of nitrogens with one attached hydrogen (secondary N) is 1. The van der Waals surface area contributed by atoms with E-state index < -0.39 is 28.8 Å². The lowest BCUT2D eigenvalue weighted by atomic mass is 10.1. The summed E-state index contributed by atoms with van der Waals surface area (Å²) < 4.78 is 41.4. The van der Waals surface area contributed by atoms with Crippen LogP contribution in [0.2, 0.25) is 0 Å². The van der Waals surface area contributed by atoms with Crippen LogP contribution in [0.5, 0.6) is 0 Å². The summed E-state index contributed by atoms with van der Waals surface area (Å²) >= 11 is 0. The number of amides is 1. The summed E-state index contributed by atoms with van der Waals surface area (Å²) in [5.41, 5.74) is -1.93. The Kier molecular flexibility index (Phi) is 5.01. The van der Waals surface area contributed by atoms with Gasteiger partial charge in [-0.15, -0.1) is 5.10 Å². The van der Waals surface area contributed by atoms with Crippen molar-refractivity contribution in [1.82, 2.24) is 29.9 Å². The second-order valence-electron chi connectivity index (χ2n) is 5.39. The third kappa shape index (κ3) is 4.19. The Morgan fingerprint density at radius 2 is 1.93 bits per heavy atom. The van der Waals surface area contributed by atoms with Crippen LogP contribution < -0.4 is 10.9 Å². The molecule has 0 aliphatic heterocycles. The van der Waals surface area contributed by atoms with Crippen molar-refractivity contribution in [2.24, 2.45) is 0 Å². The molecule has 0 spiro atoms. The van der Waals surface area contributed by atoms with Crippen molar-refractivity contribution in [3.8, 4) is 5.82 Å². The van der Waals surface area contributed by atoms with Gasteiger partial charge in [-0.2, -0.15) is 18.3 Å². The molecule has 27 heavy (non-hydrogen) atoms. The molecule has 0 aliphatic rings. The molecule has 0 radical (unpaired) electrons. The Balaban J connectivity index is 1.70. The van der Waals surface area contributed by atoms with Gasteiger partial charge in [-0.05, 0) is 18.2 Å². The van der Waals surface area contributed by atoms with Crippen molar-refractivity contribution in [3.05, 3.63) is 70.5 Å². The van der Waals surface area contributed by atoms with Gasteiger partial charge in [0.1, 0.15) is 12.7 Å². The molecule has 8 nitrogen and oxygen atoms in total. The van der Waals surface area contributed by atoms with Gasteiger partial charge in [0.2, 0.25) is 0 Å². The summed E-state index contributed by atoms with van der Waals surface area (Å²) in [5, 5.41) is 10.3. The zero-order valence-corrected chi connectivity index (χ0v) is 13.7. The Morgan fingerprint density at radius 1 is 1.15 bits per heavy atom. The van der Waals surface area contributed by atoms with Crippen LogP contribution in [0.4, 0.5) is 13.2 Å². The van der Waals surface area contributed by atoms with Crippen LogP contribution in [-0.2, 0) is 12.7 Å². The van der Waals surface area contributed by atoms with Gasteiger partial charge in [0.05, 0.1) is 17.7 Å². The fourth-order valence-corrected chi connectivity index (χ4v) is 2.35. The maximum absolute atomic E-state index is 13.0. The van der Waals surface area contributed by atoms with Crippen molar-refractivity contribution in [2.45, 2.75) is 12.7 Å². The zero-order chi connectivity index (χ0) is 19.4. The van der Waals surface area contributed by atoms with Gasteiger partial charge in [-0.25, -0.2) is 14.3 Å². The summed E-state index contributed by atoms with van der Waals surface area (Å²) in [6.45, 7) is -0.111. The third-order valence-corrected chi connectivity index (χ3v) is 3.59. The first-order chi connectivity index (χ1) is 12.9. The van der Waals surface area contributed by atoms with Crippen molar-refractivity contribution in [1.29, 1.82) is 0 Å². The van der Waals surface area contributed by atoms with Crippen molar-refractivity contribution < 1.29 is 18.0 Å². The summed E-state index contributed by atoms with van der Waals surface area (Å²) in [4.78, 5) is 27.7. The fourth-order valence-electron chi connectivity index (χ4n) is 2.35. The molecule has 0 saturated heterocycles. The van der Waals surface area contributed by atoms with Crippen molar-refractivity contribution in [2.75, 3.05) is 6.54 Å². The summed E-state index contributed by atoms with van der Waals surface area (Å²) in [6.07, 6.45) is -1.94. The molecule has 140 valence electrons. The van der Waals surface area contributed by atoms with Crippen LogP contribution in [0.25, 0.3) is 5.82 Å². The number of hydrogen-bond acceptors (Lipinski definition) is 5. The highest BCUT2D eigenvalue weighted by molar-refractivity contribution is 5.95. The van der Waals surface area contributed by atoms with Crippen LogP contribution in [0.1, 0.15) is 15.9 Å². The summed E-state index contributed by atoms with van der Waals surface area (Å²) in [7, 11) is 0. The lowest BCUT2D eigenvalue weighted by Gasteiger charge is -2.13. The smallest absolute Gasteiger partial charge is 0.350 e. The quantitative estimate of drug-likeness (QED) is 0.722. The number of hydrogen-bond donors (Lipinski definition) is 1. The standard InChI is InChI=1S/C16H13F3N6O2/c17-16(18,19)12-4-2-1-3-11(12)15(27)21-7-8-24-14(26)6-5-13(23-24)25-10-20-9-22-25/h1-6,9-10H,7-8H2,(H,21,27). The van der Waals surface area contributed by atoms with Crippen LogP contribution in [0.3, 0.4) is 0 Å². The lowest BCUT2D eigenvalue weighted by Crippen LogP contribution is -2.33. The van der Waals surface area contributed by atoms with Gasteiger partial charge in [-0.3, -0.25) is 9.59 Å². The number of rotatable bonds is 5. The van der Waals surface area contributed by atoms with Crippen molar-refractivity contribution in [3.63, 3.8) is 0 Å². The molecule has 11 heteroatoms. The minimum atomic E-state index is -4.64. The maximum atomic E-state index is 13.0. The minimum Gasteiger partial charge on any atom is -0.350 e. The monoisotopic (exact) mass is 378 g/mol. The number of aromatic nitrogens is 5. The van der Waals surface area contributed by atoms with E-state index in [1.807, 2.05) is 0 Å². The SMILES string of the molecule is O=C(NCCn1nc(-n2cncn2)ccc1=O)c1ccccc1C(F)(F)F. The highest BCUT2D eigenvalue weighted by atomic mass is 19.4. The second kappa shape index (κ2) is 7.40. The third-order valence-electron chi connectivity index (χ3n) is 3.59. The van der Waals surface area contributed by atoms with Gasteiger partial charge >= 0.3 is 6.18 Å². The molecule has 0 saturated carbocycles. The second-order valence-corrected chi connectivity index (χ2v) is 5.39. The van der Waals surface area contributed by atoms with Crippen molar-refractivity contribution >= 4 is 5.91 Å². The molecule has 3 aromatic rings. The topological polar surface area (TPSA) is 94.7 Å². The van der Waals surface area contributed by atoms with E-state index >= 15 is 0 Å². The molecule has 2 aromatic heterocycles. The predicted molar refractivity (Wildman–Crippen MR) is 87.2 cm³/mol. The Morgan fingerprint density at radius 3 is 2.63 bits per heavy atom. The molecule has 0 aliphatic carbocycles. The van der Waals surface area contributed by atoms with E-state index in [4.69, 9.17) is 0 Å². The molecule has 1 N–H and O–H groups in total. The number of alkyl halides is 3. The Labute approximate surface area is 150 Å². The van der Waals surface area contributed by atoms with Crippen LogP contribution >= 0.6 is 0 Å². The van der Waals surface area contributed by atoms with Gasteiger partial charge in [0, 0.05) is 12.6 Å². The first kappa shape index (κ1) is 18.3. The molecule has 1 amide bonds. The number of benzene rings is 1. The molecule has 2 heterocycles. The largest absolute Gasteiger partial charge is 0.417 e. The Hall–Kier alpha value is -3.50. The maximum Gasteiger partial charge on any atom is 0.417 e. The molecule has 0 atom stereocenters. The Bertz CT molecular complexity index is 998. The van der Waals surface area contributed by atoms with E-state index in [2.05, 4.69) is 20.5 Å². The average molecular weight is 378 g/mol. The van der Waals surface area contributed by atoms with Crippen LogP contribution in [0.15, 0.2) is 53.8 Å². The molecule has 1 aromatic carbocycles. The molecule has 0 fully saturated rings. The van der Waals surface area contributed by atoms with E-state index in [9.17, 15) is 22.8 Å². The highest BCUT2D eigenvalue weighted by Crippen LogP contribution is 2.31. The molecule has 0 bridgehead atoms. The average Bonchev–Trinajstić information content (AvgIpc) is 3.17. The normalized spacial score (nSPS) is 11.4. The predicted octanol–water partition coefficient (Wildman–Crippen LogP) is 1.27. The van der Waals surface area contributed by atoms with Gasteiger partial charge in [0.15, 0.2) is 5.82 Å². The van der Waals surface area contributed by atoms with E-state index in [1.165, 1.54) is 41.6 Å². The van der Waals surface area contributed by atoms with E-state index in [1.54, 1.807) is 0 Å². The summed E-state index contributed by atoms with van der Waals surface area (Å²) in [5.74, 6) is -0.552. The molecule has 3 rings (SSSR count). The van der Waals surface area contributed by atoms with Gasteiger partial charge < -0.3 is 5.32 Å². The minimum absolute atomic E-state index is 0.0265. The number of nitrogens with zero attached hydrogens (tertiary/aromatic N) is 5.